The van der Waals surface area contributed by atoms with Gasteiger partial charge in [0.1, 0.15) is 6.10 Å². The number of rotatable bonds is 5. The van der Waals surface area contributed by atoms with Crippen LogP contribution in [-0.2, 0) is 17.7 Å². The molecule has 1 saturated heterocycles. The molecule has 3 heterocycles. The third kappa shape index (κ3) is 4.25. The van der Waals surface area contributed by atoms with Crippen molar-refractivity contribution in [1.82, 2.24) is 14.9 Å². The van der Waals surface area contributed by atoms with Crippen molar-refractivity contribution in [3.8, 4) is 0 Å². The molecule has 30 heavy (non-hydrogen) atoms. The summed E-state index contributed by atoms with van der Waals surface area (Å²) in [5.74, 6) is 0. The predicted octanol–water partition coefficient (Wildman–Crippen LogP) is 4.79. The second-order valence-electron chi connectivity index (χ2n) is 7.84. The van der Waals surface area contributed by atoms with Crippen molar-refractivity contribution in [1.29, 1.82) is 0 Å². The number of pyridine rings is 2. The fourth-order valence-electron chi connectivity index (χ4n) is 4.13. The molecule has 4 nitrogen and oxygen atoms in total. The fraction of sp³-hybridized carbons (Fsp3) is 0.231. The van der Waals surface area contributed by atoms with Crippen LogP contribution in [0, 0.1) is 0 Å². The number of fused-ring (bicyclic) bond motifs is 1. The van der Waals surface area contributed by atoms with Gasteiger partial charge in [0.15, 0.2) is 0 Å². The molecule has 2 aromatic heterocycles. The minimum Gasteiger partial charge on any atom is -0.369 e. The van der Waals surface area contributed by atoms with Crippen molar-refractivity contribution in [2.45, 2.75) is 19.1 Å². The maximum absolute atomic E-state index is 6.06. The summed E-state index contributed by atoms with van der Waals surface area (Å²) in [4.78, 5) is 11.7. The van der Waals surface area contributed by atoms with Crippen molar-refractivity contribution >= 4 is 10.9 Å². The van der Waals surface area contributed by atoms with E-state index in [4.69, 9.17) is 9.72 Å². The predicted molar refractivity (Wildman–Crippen MR) is 119 cm³/mol. The van der Waals surface area contributed by atoms with Gasteiger partial charge in [-0.2, -0.15) is 0 Å². The quantitative estimate of drug-likeness (QED) is 0.487. The number of hydrogen-bond donors (Lipinski definition) is 0. The molecule has 1 aliphatic heterocycles. The minimum atomic E-state index is 0.0117. The first kappa shape index (κ1) is 18.9. The van der Waals surface area contributed by atoms with Gasteiger partial charge in [0.2, 0.25) is 0 Å². The Bertz CT molecular complexity index is 1110. The van der Waals surface area contributed by atoms with Gasteiger partial charge < -0.3 is 4.74 Å². The van der Waals surface area contributed by atoms with Crippen LogP contribution in [0.1, 0.15) is 28.5 Å². The molecule has 0 aliphatic carbocycles. The Balaban J connectivity index is 1.27. The second kappa shape index (κ2) is 8.74. The molecule has 0 bridgehead atoms. The second-order valence-corrected chi connectivity index (χ2v) is 7.84. The largest absolute Gasteiger partial charge is 0.369 e. The number of ether oxygens (including phenoxy) is 1. The van der Waals surface area contributed by atoms with Crippen molar-refractivity contribution in [3.63, 3.8) is 0 Å². The molecule has 1 aliphatic rings. The van der Waals surface area contributed by atoms with Crippen LogP contribution in [0.2, 0.25) is 0 Å². The Labute approximate surface area is 177 Å². The van der Waals surface area contributed by atoms with Crippen molar-refractivity contribution in [2.24, 2.45) is 0 Å². The molecule has 4 aromatic rings. The van der Waals surface area contributed by atoms with Crippen LogP contribution < -0.4 is 0 Å². The number of benzene rings is 2. The Morgan fingerprint density at radius 1 is 0.867 bits per heavy atom. The smallest absolute Gasteiger partial charge is 0.112 e. The molecule has 2 aromatic carbocycles. The summed E-state index contributed by atoms with van der Waals surface area (Å²) in [5, 5.41) is 1.23. The first-order valence-electron chi connectivity index (χ1n) is 10.5. The van der Waals surface area contributed by atoms with E-state index in [1.54, 1.807) is 0 Å². The van der Waals surface area contributed by atoms with E-state index in [9.17, 15) is 0 Å². The molecular formula is C26H25N3O. The molecule has 0 amide bonds. The Hall–Kier alpha value is -3.08. The van der Waals surface area contributed by atoms with Crippen LogP contribution in [0.15, 0.2) is 85.2 Å². The highest BCUT2D eigenvalue weighted by atomic mass is 16.5. The summed E-state index contributed by atoms with van der Waals surface area (Å²) in [7, 11) is 0. The molecule has 5 rings (SSSR count). The average Bonchev–Trinajstić information content (AvgIpc) is 2.81. The molecule has 150 valence electrons. The van der Waals surface area contributed by atoms with E-state index in [0.29, 0.717) is 0 Å². The van der Waals surface area contributed by atoms with E-state index in [2.05, 4.69) is 70.5 Å². The average molecular weight is 396 g/mol. The van der Waals surface area contributed by atoms with Crippen LogP contribution in [0.5, 0.6) is 0 Å². The van der Waals surface area contributed by atoms with E-state index in [-0.39, 0.29) is 6.10 Å². The summed E-state index contributed by atoms with van der Waals surface area (Å²) in [6.45, 7) is 3.40. The maximum atomic E-state index is 6.06. The van der Waals surface area contributed by atoms with Gasteiger partial charge in [-0.15, -0.1) is 0 Å². The summed E-state index contributed by atoms with van der Waals surface area (Å²) < 4.78 is 6.06. The molecule has 1 fully saturated rings. The Morgan fingerprint density at radius 2 is 1.80 bits per heavy atom. The van der Waals surface area contributed by atoms with Gasteiger partial charge in [-0.05, 0) is 41.3 Å². The van der Waals surface area contributed by atoms with Gasteiger partial charge in [-0.25, -0.2) is 0 Å². The highest BCUT2D eigenvalue weighted by Gasteiger charge is 2.23. The van der Waals surface area contributed by atoms with Gasteiger partial charge in [0.25, 0.3) is 0 Å². The number of aromatic nitrogens is 2. The third-order valence-electron chi connectivity index (χ3n) is 5.71. The lowest BCUT2D eigenvalue weighted by Crippen LogP contribution is -2.38. The number of nitrogens with zero attached hydrogens (tertiary/aromatic N) is 3. The molecule has 0 unspecified atom stereocenters. The van der Waals surface area contributed by atoms with Crippen LogP contribution in [0.3, 0.4) is 0 Å². The molecule has 0 saturated carbocycles. The highest BCUT2D eigenvalue weighted by Crippen LogP contribution is 2.24. The zero-order valence-corrected chi connectivity index (χ0v) is 16.9. The number of hydrogen-bond acceptors (Lipinski definition) is 4. The standard InChI is InChI=1S/C26H25N3O/c1-2-6-20(7-3-1)16-21-11-12-25(28-17-21)26-19-29(14-15-30-26)18-22-8-4-10-24-23(22)9-5-13-27-24/h1-13,17,26H,14-16,18-19H2/t26-/m0/s1. The van der Waals surface area contributed by atoms with Gasteiger partial charge in [0.05, 0.1) is 17.8 Å². The van der Waals surface area contributed by atoms with E-state index >= 15 is 0 Å². The molecular weight excluding hydrogens is 370 g/mol. The van der Waals surface area contributed by atoms with Crippen molar-refractivity contribution in [2.75, 3.05) is 19.7 Å². The van der Waals surface area contributed by atoms with Crippen LogP contribution >= 0.6 is 0 Å². The van der Waals surface area contributed by atoms with Crippen LogP contribution in [0.25, 0.3) is 10.9 Å². The zero-order chi connectivity index (χ0) is 20.2. The van der Waals surface area contributed by atoms with Gasteiger partial charge in [-0.3, -0.25) is 14.9 Å². The normalized spacial score (nSPS) is 17.3. The highest BCUT2D eigenvalue weighted by molar-refractivity contribution is 5.81. The van der Waals surface area contributed by atoms with Crippen molar-refractivity contribution < 1.29 is 4.74 Å². The maximum Gasteiger partial charge on any atom is 0.112 e. The topological polar surface area (TPSA) is 38.2 Å². The first-order valence-corrected chi connectivity index (χ1v) is 10.5. The van der Waals surface area contributed by atoms with Gasteiger partial charge >= 0.3 is 0 Å². The Kier molecular flexibility index (Phi) is 5.51. The summed E-state index contributed by atoms with van der Waals surface area (Å²) in [6, 6.07) is 25.3. The monoisotopic (exact) mass is 395 g/mol. The number of morpholine rings is 1. The Morgan fingerprint density at radius 3 is 2.67 bits per heavy atom. The van der Waals surface area contributed by atoms with E-state index in [1.807, 2.05) is 24.5 Å². The molecule has 1 atom stereocenters. The first-order chi connectivity index (χ1) is 14.8. The van der Waals surface area contributed by atoms with Gasteiger partial charge in [0, 0.05) is 37.4 Å². The lowest BCUT2D eigenvalue weighted by atomic mass is 10.1. The SMILES string of the molecule is c1ccc(Cc2ccc([C@@H]3CN(Cc4cccc5ncccc45)CCO3)nc2)cc1. The summed E-state index contributed by atoms with van der Waals surface area (Å²) >= 11 is 0. The van der Waals surface area contributed by atoms with E-state index in [1.165, 1.54) is 22.1 Å². The molecule has 0 N–H and O–H groups in total. The zero-order valence-electron chi connectivity index (χ0n) is 16.9. The van der Waals surface area contributed by atoms with E-state index in [0.717, 1.165) is 43.9 Å². The fourth-order valence-corrected chi connectivity index (χ4v) is 4.13. The van der Waals surface area contributed by atoms with Gasteiger partial charge in [-0.1, -0.05) is 54.6 Å². The van der Waals surface area contributed by atoms with Crippen LogP contribution in [-0.4, -0.2) is 34.6 Å². The minimum absolute atomic E-state index is 0.0117. The lowest BCUT2D eigenvalue weighted by molar-refractivity contribution is -0.0348. The molecule has 0 radical (unpaired) electrons. The lowest BCUT2D eigenvalue weighted by Gasteiger charge is -2.33. The van der Waals surface area contributed by atoms with Crippen molar-refractivity contribution in [3.05, 3.63) is 108 Å². The summed E-state index contributed by atoms with van der Waals surface area (Å²) in [6.07, 6.45) is 4.75. The molecule has 4 heteroatoms. The summed E-state index contributed by atoms with van der Waals surface area (Å²) in [5.41, 5.74) is 5.90. The van der Waals surface area contributed by atoms with E-state index < -0.39 is 0 Å². The third-order valence-corrected chi connectivity index (χ3v) is 5.71. The molecule has 0 spiro atoms. The van der Waals surface area contributed by atoms with Crippen LogP contribution in [0.4, 0.5) is 0 Å².